The van der Waals surface area contributed by atoms with Gasteiger partial charge in [0.2, 0.25) is 0 Å². The van der Waals surface area contributed by atoms with Gasteiger partial charge in [0.25, 0.3) is 0 Å². The van der Waals surface area contributed by atoms with Crippen molar-refractivity contribution >= 4 is 5.97 Å². The van der Waals surface area contributed by atoms with Crippen molar-refractivity contribution in [1.29, 1.82) is 0 Å². The highest BCUT2D eigenvalue weighted by Crippen LogP contribution is 2.13. The zero-order chi connectivity index (χ0) is 19.9. The third-order valence-electron chi connectivity index (χ3n) is 4.38. The van der Waals surface area contributed by atoms with Gasteiger partial charge in [-0.3, -0.25) is 4.79 Å². The van der Waals surface area contributed by atoms with E-state index < -0.39 is 12.3 Å². The zero-order valence-corrected chi connectivity index (χ0v) is 17.0. The number of rotatable bonds is 18. The number of unbranched alkanes of at least 4 members (excludes halogenated alkanes) is 14. The summed E-state index contributed by atoms with van der Waals surface area (Å²) < 4.78 is 0. The number of carboxylic acid groups (broad SMARTS) is 1. The Bertz CT molecular complexity index is 269. The van der Waals surface area contributed by atoms with Crippen LogP contribution < -0.4 is 0 Å². The predicted octanol–water partition coefficient (Wildman–Crippen LogP) is 5.01. The molecule has 26 heavy (non-hydrogen) atoms. The molecule has 0 heterocycles. The Balaban J connectivity index is 0. The quantitative estimate of drug-likeness (QED) is 0.199. The molecular formula is C21H44O5. The van der Waals surface area contributed by atoms with E-state index in [2.05, 4.69) is 6.92 Å². The van der Waals surface area contributed by atoms with E-state index in [1.54, 1.807) is 0 Å². The standard InChI is InChI=1S/C18H36O2.C3H8O3/c1-2-3-4-5-6-7-8-9-10-11-12-13-14-15-16-17-18(19)20;4-2-1-3(5)6/h2-17H2,1H3,(H,19,20);3-6H,1-2H2. The van der Waals surface area contributed by atoms with E-state index in [1.165, 1.54) is 83.5 Å². The summed E-state index contributed by atoms with van der Waals surface area (Å²) >= 11 is 0. The van der Waals surface area contributed by atoms with E-state index in [-0.39, 0.29) is 13.0 Å². The second-order valence-electron chi connectivity index (χ2n) is 7.09. The number of aliphatic carboxylic acids is 1. The molecule has 0 fully saturated rings. The SMILES string of the molecule is CCCCCCCCCCCCCCCCCC(=O)O.OCCC(O)O. The van der Waals surface area contributed by atoms with E-state index in [9.17, 15) is 4.79 Å². The molecule has 0 bridgehead atoms. The van der Waals surface area contributed by atoms with Crippen LogP contribution in [-0.4, -0.2) is 39.3 Å². The molecule has 0 aliphatic heterocycles. The smallest absolute Gasteiger partial charge is 0.303 e. The number of aliphatic hydroxyl groups is 3. The lowest BCUT2D eigenvalue weighted by Crippen LogP contribution is -2.05. The Morgan fingerprint density at radius 1 is 0.692 bits per heavy atom. The highest BCUT2D eigenvalue weighted by Gasteiger charge is 1.97. The molecule has 0 saturated heterocycles. The number of hydrogen-bond donors (Lipinski definition) is 4. The monoisotopic (exact) mass is 376 g/mol. The summed E-state index contributed by atoms with van der Waals surface area (Å²) in [6, 6.07) is 0. The van der Waals surface area contributed by atoms with Gasteiger partial charge in [-0.05, 0) is 6.42 Å². The first-order chi connectivity index (χ1) is 12.5. The second-order valence-corrected chi connectivity index (χ2v) is 7.09. The first-order valence-electron chi connectivity index (χ1n) is 10.7. The maximum atomic E-state index is 10.3. The lowest BCUT2D eigenvalue weighted by Gasteiger charge is -2.03. The fourth-order valence-electron chi connectivity index (χ4n) is 2.76. The Morgan fingerprint density at radius 3 is 1.27 bits per heavy atom. The van der Waals surface area contributed by atoms with Crippen LogP contribution in [0.1, 0.15) is 116 Å². The highest BCUT2D eigenvalue weighted by atomic mass is 16.5. The van der Waals surface area contributed by atoms with Gasteiger partial charge in [-0.1, -0.05) is 96.8 Å². The molecule has 0 saturated carbocycles. The summed E-state index contributed by atoms with van der Waals surface area (Å²) in [5, 5.41) is 32.3. The Hall–Kier alpha value is -0.650. The van der Waals surface area contributed by atoms with E-state index in [4.69, 9.17) is 20.4 Å². The Labute approximate surface area is 160 Å². The second kappa shape index (κ2) is 24.4. The molecule has 5 nitrogen and oxygen atoms in total. The molecule has 0 rings (SSSR count). The Morgan fingerprint density at radius 2 is 1.04 bits per heavy atom. The van der Waals surface area contributed by atoms with Gasteiger partial charge in [0.15, 0.2) is 6.29 Å². The van der Waals surface area contributed by atoms with Crippen LogP contribution in [0.25, 0.3) is 0 Å². The van der Waals surface area contributed by atoms with E-state index in [1.807, 2.05) is 0 Å². The molecule has 0 spiro atoms. The van der Waals surface area contributed by atoms with Crippen molar-refractivity contribution in [2.45, 2.75) is 122 Å². The summed E-state index contributed by atoms with van der Waals surface area (Å²) in [5.41, 5.74) is 0. The largest absolute Gasteiger partial charge is 0.481 e. The summed E-state index contributed by atoms with van der Waals surface area (Å²) in [6.07, 6.45) is 18.9. The van der Waals surface area contributed by atoms with Crippen molar-refractivity contribution in [1.82, 2.24) is 0 Å². The van der Waals surface area contributed by atoms with Crippen molar-refractivity contribution in [2.24, 2.45) is 0 Å². The third kappa shape index (κ3) is 31.2. The molecule has 0 aromatic rings. The molecule has 0 amide bonds. The van der Waals surface area contributed by atoms with Crippen LogP contribution in [0.3, 0.4) is 0 Å². The summed E-state index contributed by atoms with van der Waals surface area (Å²) in [7, 11) is 0. The lowest BCUT2D eigenvalue weighted by molar-refractivity contribution is -0.137. The number of aliphatic hydroxyl groups excluding tert-OH is 2. The molecule has 0 aliphatic rings. The Kier molecular flexibility index (Phi) is 25.8. The normalized spacial score (nSPS) is 10.7. The van der Waals surface area contributed by atoms with Crippen LogP contribution in [0.4, 0.5) is 0 Å². The van der Waals surface area contributed by atoms with Crippen molar-refractivity contribution in [3.05, 3.63) is 0 Å². The van der Waals surface area contributed by atoms with Gasteiger partial charge < -0.3 is 20.4 Å². The fourth-order valence-corrected chi connectivity index (χ4v) is 2.76. The lowest BCUT2D eigenvalue weighted by atomic mass is 10.0. The molecular weight excluding hydrogens is 332 g/mol. The van der Waals surface area contributed by atoms with Crippen LogP contribution in [0.15, 0.2) is 0 Å². The average Bonchev–Trinajstić information content (AvgIpc) is 2.58. The molecule has 0 radical (unpaired) electrons. The van der Waals surface area contributed by atoms with Crippen molar-refractivity contribution < 1.29 is 25.2 Å². The van der Waals surface area contributed by atoms with Crippen LogP contribution >= 0.6 is 0 Å². The maximum Gasteiger partial charge on any atom is 0.303 e. The van der Waals surface area contributed by atoms with Gasteiger partial charge >= 0.3 is 5.97 Å². The van der Waals surface area contributed by atoms with Crippen LogP contribution in [0.5, 0.6) is 0 Å². The van der Waals surface area contributed by atoms with Crippen LogP contribution in [-0.2, 0) is 4.79 Å². The number of carbonyl (C=O) groups is 1. The van der Waals surface area contributed by atoms with Crippen molar-refractivity contribution in [3.63, 3.8) is 0 Å². The van der Waals surface area contributed by atoms with E-state index in [0.29, 0.717) is 6.42 Å². The van der Waals surface area contributed by atoms with Crippen LogP contribution in [0.2, 0.25) is 0 Å². The van der Waals surface area contributed by atoms with Gasteiger partial charge in [0.1, 0.15) is 0 Å². The van der Waals surface area contributed by atoms with E-state index in [0.717, 1.165) is 12.8 Å². The maximum absolute atomic E-state index is 10.3. The average molecular weight is 377 g/mol. The third-order valence-corrected chi connectivity index (χ3v) is 4.38. The van der Waals surface area contributed by atoms with Gasteiger partial charge in [0.05, 0.1) is 0 Å². The molecule has 5 heteroatoms. The minimum Gasteiger partial charge on any atom is -0.481 e. The van der Waals surface area contributed by atoms with E-state index >= 15 is 0 Å². The minimum atomic E-state index is -1.35. The first-order valence-corrected chi connectivity index (χ1v) is 10.7. The molecule has 158 valence electrons. The highest BCUT2D eigenvalue weighted by molar-refractivity contribution is 5.66. The van der Waals surface area contributed by atoms with Crippen LogP contribution in [0, 0.1) is 0 Å². The molecule has 0 unspecified atom stereocenters. The minimum absolute atomic E-state index is 0.0417. The molecule has 4 N–H and O–H groups in total. The topological polar surface area (TPSA) is 98.0 Å². The molecule has 0 aliphatic carbocycles. The number of hydrogen-bond acceptors (Lipinski definition) is 4. The first kappa shape index (κ1) is 27.6. The van der Waals surface area contributed by atoms with Crippen molar-refractivity contribution in [3.8, 4) is 0 Å². The van der Waals surface area contributed by atoms with Gasteiger partial charge in [-0.25, -0.2) is 0 Å². The zero-order valence-electron chi connectivity index (χ0n) is 17.0. The molecule has 0 aromatic carbocycles. The van der Waals surface area contributed by atoms with Gasteiger partial charge in [-0.15, -0.1) is 0 Å². The fraction of sp³-hybridized carbons (Fsp3) is 0.952. The summed E-state index contributed by atoms with van der Waals surface area (Å²) in [6.45, 7) is 2.10. The van der Waals surface area contributed by atoms with Gasteiger partial charge in [-0.2, -0.15) is 0 Å². The molecule has 0 aromatic heterocycles. The predicted molar refractivity (Wildman–Crippen MR) is 107 cm³/mol. The van der Waals surface area contributed by atoms with Gasteiger partial charge in [0, 0.05) is 19.4 Å². The van der Waals surface area contributed by atoms with Crippen molar-refractivity contribution in [2.75, 3.05) is 6.61 Å². The number of carboxylic acids is 1. The summed E-state index contributed by atoms with van der Waals surface area (Å²) in [5.74, 6) is -0.653. The summed E-state index contributed by atoms with van der Waals surface area (Å²) in [4.78, 5) is 10.3. The molecule has 0 atom stereocenters.